The highest BCUT2D eigenvalue weighted by Crippen LogP contribution is 2.23. The number of pyridine rings is 1. The molecule has 0 atom stereocenters. The van der Waals surface area contributed by atoms with E-state index in [1.807, 2.05) is 13.0 Å². The van der Waals surface area contributed by atoms with E-state index in [4.69, 9.17) is 11.6 Å². The standard InChI is InChI=1S/C26H23ClF2N4O3S/c1-17-13-19(9-11-30-17)16-32(2)25(34)24-15-31-26(33(24)21-6-4-20(28)5-7-21)37(35,36)12-10-18-3-8-23(29)22(27)14-18/h3-9,11,13-15H,10,12,16H2,1-2H3. The van der Waals surface area contributed by atoms with Gasteiger partial charge in [-0.05, 0) is 73.0 Å². The van der Waals surface area contributed by atoms with Crippen LogP contribution in [0.3, 0.4) is 0 Å². The molecule has 1 amide bonds. The number of nitrogens with zero attached hydrogens (tertiary/aromatic N) is 4. The number of imidazole rings is 1. The van der Waals surface area contributed by atoms with Crippen LogP contribution in [0, 0.1) is 18.6 Å². The zero-order valence-electron chi connectivity index (χ0n) is 20.0. The molecule has 0 bridgehead atoms. The van der Waals surface area contributed by atoms with Crippen molar-refractivity contribution in [3.05, 3.63) is 106 Å². The molecule has 11 heteroatoms. The molecular weight excluding hydrogens is 522 g/mol. The molecule has 37 heavy (non-hydrogen) atoms. The van der Waals surface area contributed by atoms with Gasteiger partial charge in [0.2, 0.25) is 15.0 Å². The number of carbonyl (C=O) groups excluding carboxylic acids is 1. The molecule has 192 valence electrons. The Hall–Kier alpha value is -3.63. The molecule has 4 rings (SSSR count). The second-order valence-electron chi connectivity index (χ2n) is 8.52. The van der Waals surface area contributed by atoms with Crippen molar-refractivity contribution < 1.29 is 22.0 Å². The fourth-order valence-electron chi connectivity index (χ4n) is 3.83. The van der Waals surface area contributed by atoms with Crippen molar-refractivity contribution in [3.63, 3.8) is 0 Å². The summed E-state index contributed by atoms with van der Waals surface area (Å²) in [5, 5.41) is -0.466. The van der Waals surface area contributed by atoms with Crippen molar-refractivity contribution in [2.45, 2.75) is 25.0 Å². The van der Waals surface area contributed by atoms with Gasteiger partial charge in [0.25, 0.3) is 5.91 Å². The van der Waals surface area contributed by atoms with Crippen LogP contribution in [0.4, 0.5) is 8.78 Å². The lowest BCUT2D eigenvalue weighted by atomic mass is 10.2. The van der Waals surface area contributed by atoms with E-state index in [1.54, 1.807) is 19.3 Å². The maximum Gasteiger partial charge on any atom is 0.272 e. The predicted octanol–water partition coefficient (Wildman–Crippen LogP) is 4.80. The maximum atomic E-state index is 13.6. The van der Waals surface area contributed by atoms with E-state index in [9.17, 15) is 22.0 Å². The number of benzene rings is 2. The van der Waals surface area contributed by atoms with Gasteiger partial charge in [-0.25, -0.2) is 22.2 Å². The number of hydrogen-bond acceptors (Lipinski definition) is 5. The third-order valence-electron chi connectivity index (χ3n) is 5.68. The van der Waals surface area contributed by atoms with E-state index >= 15 is 0 Å². The average molecular weight is 545 g/mol. The third kappa shape index (κ3) is 6.03. The second-order valence-corrected chi connectivity index (χ2v) is 10.9. The Morgan fingerprint density at radius 3 is 2.43 bits per heavy atom. The van der Waals surface area contributed by atoms with Crippen LogP contribution in [0.5, 0.6) is 0 Å². The quantitative estimate of drug-likeness (QED) is 0.318. The molecule has 0 fully saturated rings. The number of rotatable bonds is 8. The molecule has 0 aliphatic carbocycles. The Morgan fingerprint density at radius 2 is 1.76 bits per heavy atom. The molecule has 7 nitrogen and oxygen atoms in total. The number of sulfone groups is 1. The summed E-state index contributed by atoms with van der Waals surface area (Å²) < 4.78 is 55.0. The number of aromatic nitrogens is 3. The molecule has 0 aliphatic heterocycles. The van der Waals surface area contributed by atoms with Gasteiger partial charge in [-0.2, -0.15) is 0 Å². The van der Waals surface area contributed by atoms with E-state index in [0.29, 0.717) is 5.56 Å². The van der Waals surface area contributed by atoms with Gasteiger partial charge in [-0.15, -0.1) is 0 Å². The molecular formula is C26H23ClF2N4O3S. The van der Waals surface area contributed by atoms with Crippen LogP contribution in [-0.4, -0.2) is 46.6 Å². The predicted molar refractivity (Wildman–Crippen MR) is 135 cm³/mol. The minimum atomic E-state index is -4.03. The Morgan fingerprint density at radius 1 is 1.03 bits per heavy atom. The van der Waals surface area contributed by atoms with Crippen molar-refractivity contribution in [3.8, 4) is 5.69 Å². The molecule has 0 N–H and O–H groups in total. The molecule has 0 saturated carbocycles. The van der Waals surface area contributed by atoms with Gasteiger partial charge < -0.3 is 4.90 Å². The Kier molecular flexibility index (Phi) is 7.70. The van der Waals surface area contributed by atoms with Gasteiger partial charge in [0.05, 0.1) is 17.0 Å². The van der Waals surface area contributed by atoms with Crippen LogP contribution in [0.1, 0.15) is 27.3 Å². The van der Waals surface area contributed by atoms with Crippen molar-refractivity contribution in [1.29, 1.82) is 0 Å². The third-order valence-corrected chi connectivity index (χ3v) is 7.56. The highest BCUT2D eigenvalue weighted by molar-refractivity contribution is 7.91. The van der Waals surface area contributed by atoms with Crippen LogP contribution < -0.4 is 0 Å². The first-order valence-corrected chi connectivity index (χ1v) is 13.3. The van der Waals surface area contributed by atoms with Gasteiger partial charge >= 0.3 is 0 Å². The summed E-state index contributed by atoms with van der Waals surface area (Å²) in [6.07, 6.45) is 2.88. The maximum absolute atomic E-state index is 13.6. The molecule has 4 aromatic rings. The largest absolute Gasteiger partial charge is 0.336 e. The molecule has 2 aromatic heterocycles. The summed E-state index contributed by atoms with van der Waals surface area (Å²) in [7, 11) is -2.44. The highest BCUT2D eigenvalue weighted by atomic mass is 35.5. The van der Waals surface area contributed by atoms with Crippen LogP contribution >= 0.6 is 11.6 Å². The van der Waals surface area contributed by atoms with E-state index in [0.717, 1.165) is 11.3 Å². The van der Waals surface area contributed by atoms with Gasteiger partial charge in [-0.3, -0.25) is 14.3 Å². The summed E-state index contributed by atoms with van der Waals surface area (Å²) in [5.41, 5.74) is 2.44. The summed E-state index contributed by atoms with van der Waals surface area (Å²) in [6.45, 7) is 2.09. The van der Waals surface area contributed by atoms with Crippen molar-refractivity contribution >= 4 is 27.3 Å². The van der Waals surface area contributed by atoms with Crippen LogP contribution in [0.2, 0.25) is 5.02 Å². The number of hydrogen-bond donors (Lipinski definition) is 0. The lowest BCUT2D eigenvalue weighted by Gasteiger charge is -2.19. The topological polar surface area (TPSA) is 85.2 Å². The molecule has 0 unspecified atom stereocenters. The number of carbonyl (C=O) groups is 1. The number of amides is 1. The van der Waals surface area contributed by atoms with E-state index < -0.39 is 27.4 Å². The average Bonchev–Trinajstić information content (AvgIpc) is 3.31. The molecule has 2 aromatic carbocycles. The molecule has 2 heterocycles. The summed E-state index contributed by atoms with van der Waals surface area (Å²) in [6, 6.07) is 12.7. The van der Waals surface area contributed by atoms with E-state index in [2.05, 4.69) is 9.97 Å². The first-order chi connectivity index (χ1) is 17.5. The van der Waals surface area contributed by atoms with Gasteiger partial charge in [0.15, 0.2) is 0 Å². The minimum Gasteiger partial charge on any atom is -0.336 e. The Labute approximate surface area is 218 Å². The van der Waals surface area contributed by atoms with Gasteiger partial charge in [-0.1, -0.05) is 17.7 Å². The van der Waals surface area contributed by atoms with Crippen molar-refractivity contribution in [2.24, 2.45) is 0 Å². The Balaban J connectivity index is 1.68. The normalized spacial score (nSPS) is 11.5. The van der Waals surface area contributed by atoms with E-state index in [-0.39, 0.29) is 40.3 Å². The number of halogens is 3. The minimum absolute atomic E-state index is 0.00304. The summed E-state index contributed by atoms with van der Waals surface area (Å²) in [4.78, 5) is 23.1. The smallest absolute Gasteiger partial charge is 0.272 e. The zero-order chi connectivity index (χ0) is 26.7. The number of aryl methyl sites for hydroxylation is 2. The van der Waals surface area contributed by atoms with Crippen molar-refractivity contribution in [1.82, 2.24) is 19.4 Å². The Bertz CT molecular complexity index is 1560. The van der Waals surface area contributed by atoms with Crippen LogP contribution in [-0.2, 0) is 22.8 Å². The lowest BCUT2D eigenvalue weighted by molar-refractivity contribution is 0.0776. The van der Waals surface area contributed by atoms with Gasteiger partial charge in [0, 0.05) is 31.2 Å². The zero-order valence-corrected chi connectivity index (χ0v) is 21.6. The summed E-state index contributed by atoms with van der Waals surface area (Å²) >= 11 is 5.82. The fraction of sp³-hybridized carbons (Fsp3) is 0.192. The van der Waals surface area contributed by atoms with Crippen LogP contribution in [0.15, 0.2) is 72.1 Å². The monoisotopic (exact) mass is 544 g/mol. The van der Waals surface area contributed by atoms with E-state index in [1.165, 1.54) is 58.1 Å². The summed E-state index contributed by atoms with van der Waals surface area (Å²) in [5.74, 6) is -1.96. The molecule has 0 aliphatic rings. The molecule has 0 spiro atoms. The SMILES string of the molecule is Cc1cc(CN(C)C(=O)c2cnc(S(=O)(=O)CCc3ccc(F)c(Cl)c3)n2-c2ccc(F)cc2)ccn1. The van der Waals surface area contributed by atoms with Crippen molar-refractivity contribution in [2.75, 3.05) is 12.8 Å². The highest BCUT2D eigenvalue weighted by Gasteiger charge is 2.28. The lowest BCUT2D eigenvalue weighted by Crippen LogP contribution is -2.29. The molecule has 0 radical (unpaired) electrons. The first-order valence-electron chi connectivity index (χ1n) is 11.2. The first kappa shape index (κ1) is 26.4. The molecule has 0 saturated heterocycles. The second kappa shape index (κ2) is 10.8. The fourth-order valence-corrected chi connectivity index (χ4v) is 5.41. The van der Waals surface area contributed by atoms with Crippen LogP contribution in [0.25, 0.3) is 5.69 Å². The van der Waals surface area contributed by atoms with Gasteiger partial charge in [0.1, 0.15) is 17.3 Å².